The molecule has 1 fully saturated rings. The molecular formula is C10H15NO2. The number of carbonyl (C=O) groups is 1. The zero-order valence-corrected chi connectivity index (χ0v) is 7.88. The third-order valence-electron chi connectivity index (χ3n) is 2.06. The van der Waals surface area contributed by atoms with E-state index in [1.54, 1.807) is 6.92 Å². The van der Waals surface area contributed by atoms with Crippen LogP contribution in [0.1, 0.15) is 26.2 Å². The van der Waals surface area contributed by atoms with Crippen LogP contribution in [-0.4, -0.2) is 24.7 Å². The third-order valence-corrected chi connectivity index (χ3v) is 2.06. The number of carbonyl (C=O) groups excluding carboxylic acids is 1. The summed E-state index contributed by atoms with van der Waals surface area (Å²) in [5.74, 6) is 2.43. The van der Waals surface area contributed by atoms with Crippen LogP contribution >= 0.6 is 0 Å². The van der Waals surface area contributed by atoms with Gasteiger partial charge in [-0.1, -0.05) is 5.92 Å². The molecule has 1 aliphatic rings. The Morgan fingerprint density at radius 1 is 1.85 bits per heavy atom. The molecule has 0 bridgehead atoms. The van der Waals surface area contributed by atoms with E-state index in [9.17, 15) is 4.79 Å². The lowest BCUT2D eigenvalue weighted by Crippen LogP contribution is -2.33. The minimum Gasteiger partial charge on any atom is -0.378 e. The first kappa shape index (κ1) is 10.1. The van der Waals surface area contributed by atoms with Crippen molar-refractivity contribution in [3.8, 4) is 12.3 Å². The summed E-state index contributed by atoms with van der Waals surface area (Å²) >= 11 is 0. The van der Waals surface area contributed by atoms with Gasteiger partial charge in [0.05, 0.1) is 18.6 Å². The number of amides is 1. The second-order valence-corrected chi connectivity index (χ2v) is 3.30. The fraction of sp³-hybridized carbons (Fsp3) is 0.700. The number of terminal acetylenes is 1. The van der Waals surface area contributed by atoms with Gasteiger partial charge < -0.3 is 10.1 Å². The lowest BCUT2D eigenvalue weighted by Gasteiger charge is -2.11. The Morgan fingerprint density at radius 3 is 3.15 bits per heavy atom. The van der Waals surface area contributed by atoms with Crippen LogP contribution < -0.4 is 5.32 Å². The first-order valence-corrected chi connectivity index (χ1v) is 4.59. The lowest BCUT2D eigenvalue weighted by molar-refractivity contribution is -0.123. The molecule has 0 aliphatic carbocycles. The molecule has 3 heteroatoms. The summed E-state index contributed by atoms with van der Waals surface area (Å²) in [6, 6.07) is -0.186. The zero-order valence-electron chi connectivity index (χ0n) is 7.88. The van der Waals surface area contributed by atoms with Crippen LogP contribution in [0.25, 0.3) is 0 Å². The molecule has 1 heterocycles. The molecule has 1 saturated heterocycles. The molecule has 0 aromatic heterocycles. The van der Waals surface area contributed by atoms with Gasteiger partial charge in [-0.25, -0.2) is 0 Å². The Labute approximate surface area is 78.8 Å². The van der Waals surface area contributed by atoms with Gasteiger partial charge >= 0.3 is 0 Å². The van der Waals surface area contributed by atoms with Crippen LogP contribution in [-0.2, 0) is 9.53 Å². The monoisotopic (exact) mass is 181 g/mol. The highest BCUT2D eigenvalue weighted by Crippen LogP contribution is 2.14. The highest BCUT2D eigenvalue weighted by molar-refractivity contribution is 5.77. The molecule has 3 nitrogen and oxygen atoms in total. The van der Waals surface area contributed by atoms with Gasteiger partial charge in [0.1, 0.15) is 0 Å². The minimum atomic E-state index is -0.186. The van der Waals surface area contributed by atoms with E-state index in [0.29, 0.717) is 6.42 Å². The summed E-state index contributed by atoms with van der Waals surface area (Å²) in [5, 5.41) is 2.70. The van der Waals surface area contributed by atoms with Gasteiger partial charge in [0, 0.05) is 6.61 Å². The van der Waals surface area contributed by atoms with Crippen molar-refractivity contribution < 1.29 is 9.53 Å². The number of rotatable bonds is 3. The highest BCUT2D eigenvalue weighted by Gasteiger charge is 2.19. The van der Waals surface area contributed by atoms with E-state index in [1.807, 2.05) is 0 Å². The average Bonchev–Trinajstić information content (AvgIpc) is 2.56. The van der Waals surface area contributed by atoms with Crippen LogP contribution in [0.15, 0.2) is 0 Å². The molecule has 2 unspecified atom stereocenters. The fourth-order valence-electron chi connectivity index (χ4n) is 1.35. The smallest absolute Gasteiger partial charge is 0.223 e. The van der Waals surface area contributed by atoms with E-state index in [0.717, 1.165) is 19.4 Å². The maximum atomic E-state index is 11.3. The predicted octanol–water partition coefficient (Wildman–Crippen LogP) is 0.693. The molecule has 0 radical (unpaired) electrons. The first-order chi connectivity index (χ1) is 6.22. The Morgan fingerprint density at radius 2 is 2.62 bits per heavy atom. The van der Waals surface area contributed by atoms with Gasteiger partial charge in [0.25, 0.3) is 0 Å². The molecule has 0 aromatic carbocycles. The van der Waals surface area contributed by atoms with Crippen molar-refractivity contribution in [2.45, 2.75) is 38.3 Å². The van der Waals surface area contributed by atoms with Gasteiger partial charge in [-0.3, -0.25) is 4.79 Å². The van der Waals surface area contributed by atoms with Gasteiger partial charge in [0.15, 0.2) is 0 Å². The maximum absolute atomic E-state index is 11.3. The summed E-state index contributed by atoms with van der Waals surface area (Å²) in [6.45, 7) is 2.57. The summed E-state index contributed by atoms with van der Waals surface area (Å²) in [4.78, 5) is 11.3. The maximum Gasteiger partial charge on any atom is 0.223 e. The molecule has 0 saturated carbocycles. The van der Waals surface area contributed by atoms with Crippen LogP contribution in [0.3, 0.4) is 0 Å². The molecule has 0 aromatic rings. The normalized spacial score (nSPS) is 23.5. The zero-order chi connectivity index (χ0) is 9.68. The topological polar surface area (TPSA) is 38.3 Å². The molecule has 2 atom stereocenters. The number of nitrogens with one attached hydrogen (secondary N) is 1. The third kappa shape index (κ3) is 3.47. The summed E-state index contributed by atoms with van der Waals surface area (Å²) in [5.41, 5.74) is 0. The van der Waals surface area contributed by atoms with Crippen molar-refractivity contribution in [3.63, 3.8) is 0 Å². The van der Waals surface area contributed by atoms with E-state index >= 15 is 0 Å². The first-order valence-electron chi connectivity index (χ1n) is 4.59. The Kier molecular flexibility index (Phi) is 3.78. The Balaban J connectivity index is 2.21. The lowest BCUT2D eigenvalue weighted by atomic mass is 10.1. The number of hydrogen-bond donors (Lipinski definition) is 1. The molecule has 72 valence electrons. The standard InChI is InChI=1S/C10H15NO2/c1-3-8(2)11-10(12)7-9-5-4-6-13-9/h1,8-9H,4-7H2,2H3,(H,11,12). The molecule has 13 heavy (non-hydrogen) atoms. The molecule has 1 N–H and O–H groups in total. The predicted molar refractivity (Wildman–Crippen MR) is 50.0 cm³/mol. The Hall–Kier alpha value is -1.01. The van der Waals surface area contributed by atoms with E-state index in [2.05, 4.69) is 11.2 Å². The number of ether oxygens (including phenoxy) is 1. The van der Waals surface area contributed by atoms with Crippen molar-refractivity contribution in [3.05, 3.63) is 0 Å². The average molecular weight is 181 g/mol. The second kappa shape index (κ2) is 4.88. The van der Waals surface area contributed by atoms with Crippen LogP contribution in [0, 0.1) is 12.3 Å². The van der Waals surface area contributed by atoms with E-state index in [-0.39, 0.29) is 18.1 Å². The number of hydrogen-bond acceptors (Lipinski definition) is 2. The fourth-order valence-corrected chi connectivity index (χ4v) is 1.35. The summed E-state index contributed by atoms with van der Waals surface area (Å²) < 4.78 is 5.33. The minimum absolute atomic E-state index is 0.0163. The van der Waals surface area contributed by atoms with Crippen molar-refractivity contribution in [2.24, 2.45) is 0 Å². The van der Waals surface area contributed by atoms with Crippen LogP contribution in [0.2, 0.25) is 0 Å². The highest BCUT2D eigenvalue weighted by atomic mass is 16.5. The van der Waals surface area contributed by atoms with Crippen molar-refractivity contribution in [1.82, 2.24) is 5.32 Å². The van der Waals surface area contributed by atoms with Crippen LogP contribution in [0.4, 0.5) is 0 Å². The summed E-state index contributed by atoms with van der Waals surface area (Å²) in [7, 11) is 0. The molecule has 0 spiro atoms. The quantitative estimate of drug-likeness (QED) is 0.651. The molecular weight excluding hydrogens is 166 g/mol. The SMILES string of the molecule is C#CC(C)NC(=O)CC1CCCO1. The van der Waals surface area contributed by atoms with Gasteiger partial charge in [-0.2, -0.15) is 0 Å². The largest absolute Gasteiger partial charge is 0.378 e. The van der Waals surface area contributed by atoms with E-state index in [1.165, 1.54) is 0 Å². The van der Waals surface area contributed by atoms with E-state index in [4.69, 9.17) is 11.2 Å². The van der Waals surface area contributed by atoms with E-state index < -0.39 is 0 Å². The molecule has 1 rings (SSSR count). The summed E-state index contributed by atoms with van der Waals surface area (Å²) in [6.07, 6.45) is 7.71. The van der Waals surface area contributed by atoms with Crippen molar-refractivity contribution >= 4 is 5.91 Å². The van der Waals surface area contributed by atoms with Gasteiger partial charge in [0.2, 0.25) is 5.91 Å². The molecule has 1 amide bonds. The van der Waals surface area contributed by atoms with Crippen molar-refractivity contribution in [1.29, 1.82) is 0 Å². The van der Waals surface area contributed by atoms with Gasteiger partial charge in [-0.15, -0.1) is 6.42 Å². The van der Waals surface area contributed by atoms with Gasteiger partial charge in [-0.05, 0) is 19.8 Å². The molecule has 1 aliphatic heterocycles. The van der Waals surface area contributed by atoms with Crippen LogP contribution in [0.5, 0.6) is 0 Å². The second-order valence-electron chi connectivity index (χ2n) is 3.30. The van der Waals surface area contributed by atoms with Crippen molar-refractivity contribution in [2.75, 3.05) is 6.61 Å². The Bertz CT molecular complexity index is 213.